The van der Waals surface area contributed by atoms with Gasteiger partial charge in [-0.2, -0.15) is 0 Å². The van der Waals surface area contributed by atoms with Crippen LogP contribution in [0.1, 0.15) is 11.1 Å². The molecule has 3 rings (SSSR count). The fourth-order valence-electron chi connectivity index (χ4n) is 3.01. The van der Waals surface area contributed by atoms with Crippen LogP contribution in [0.2, 0.25) is 0 Å². The maximum Gasteiger partial charge on any atom is 0.271 e. The third-order valence-corrected chi connectivity index (χ3v) is 4.46. The largest absolute Gasteiger partial charge is 0.384 e. The molecule has 1 amide bonds. The topological polar surface area (TPSA) is 77.9 Å². The van der Waals surface area contributed by atoms with Gasteiger partial charge in [0, 0.05) is 29.9 Å². The number of benzene rings is 2. The minimum Gasteiger partial charge on any atom is -0.384 e. The summed E-state index contributed by atoms with van der Waals surface area (Å²) in [5.74, 6) is -0.281. The first-order valence-electron chi connectivity index (χ1n) is 8.70. The minimum atomic E-state index is -0.281. The molecule has 0 aliphatic carbocycles. The van der Waals surface area contributed by atoms with Crippen LogP contribution in [0.3, 0.4) is 0 Å². The van der Waals surface area contributed by atoms with Crippen molar-refractivity contribution in [1.82, 2.24) is 10.3 Å². The number of nitrogens with zero attached hydrogens (tertiary/aromatic N) is 1. The van der Waals surface area contributed by atoms with Crippen LogP contribution in [0.25, 0.3) is 22.2 Å². The molecule has 1 heterocycles. The summed E-state index contributed by atoms with van der Waals surface area (Å²) in [6.07, 6.45) is 2.50. The van der Waals surface area contributed by atoms with Crippen LogP contribution in [0.15, 0.2) is 60.3 Å². The van der Waals surface area contributed by atoms with E-state index in [1.165, 1.54) is 11.6 Å². The maximum atomic E-state index is 12.3. The molecule has 3 N–H and O–H groups in total. The Labute approximate surface area is 158 Å². The van der Waals surface area contributed by atoms with E-state index in [4.69, 9.17) is 10.4 Å². The van der Waals surface area contributed by atoms with Crippen molar-refractivity contribution >= 4 is 28.7 Å². The van der Waals surface area contributed by atoms with Crippen LogP contribution >= 0.6 is 0 Å². The van der Waals surface area contributed by atoms with Gasteiger partial charge >= 0.3 is 0 Å². The molecule has 0 spiro atoms. The molecule has 2 aromatic carbocycles. The molecule has 5 nitrogen and oxygen atoms in total. The van der Waals surface area contributed by atoms with Crippen LogP contribution in [-0.4, -0.2) is 24.2 Å². The van der Waals surface area contributed by atoms with Crippen molar-refractivity contribution in [2.45, 2.75) is 13.8 Å². The molecule has 5 heteroatoms. The number of rotatable bonds is 5. The first-order chi connectivity index (χ1) is 13.0. The molecule has 0 aliphatic rings. The predicted molar refractivity (Wildman–Crippen MR) is 111 cm³/mol. The average molecular weight is 358 g/mol. The summed E-state index contributed by atoms with van der Waals surface area (Å²) in [5.41, 5.74) is 6.07. The van der Waals surface area contributed by atoms with E-state index in [1.54, 1.807) is 7.05 Å². The number of amides is 1. The van der Waals surface area contributed by atoms with E-state index in [0.717, 1.165) is 39.6 Å². The van der Waals surface area contributed by atoms with Gasteiger partial charge in [0.25, 0.3) is 5.91 Å². The number of hydrogen-bond acceptors (Lipinski definition) is 4. The van der Waals surface area contributed by atoms with E-state index in [0.29, 0.717) is 5.70 Å². The van der Waals surface area contributed by atoms with Gasteiger partial charge < -0.3 is 16.0 Å². The smallest absolute Gasteiger partial charge is 0.271 e. The van der Waals surface area contributed by atoms with Crippen LogP contribution in [-0.2, 0) is 4.79 Å². The number of pyridine rings is 1. The number of likely N-dealkylation sites (N-methyl/N-ethyl adjacent to an activating group) is 1. The van der Waals surface area contributed by atoms with Crippen LogP contribution in [0.5, 0.6) is 0 Å². The molecule has 0 aliphatic heterocycles. The number of hydrogen-bond donors (Lipinski definition) is 3. The summed E-state index contributed by atoms with van der Waals surface area (Å²) in [7, 11) is 1.65. The standard InChI is InChI=1S/C22H22N4O/c1-14-13-21(25-19-7-5-4-6-17(14)19)16-8-9-18(15(2)12-16)26-22(27)20(24-3)10-11-23/h4-13,23-24H,1-3H3,(H,26,27)/b20-10-,23-11?. The molecule has 0 bridgehead atoms. The van der Waals surface area contributed by atoms with E-state index < -0.39 is 0 Å². The minimum absolute atomic E-state index is 0.281. The van der Waals surface area contributed by atoms with Crippen molar-refractivity contribution in [3.05, 3.63) is 71.4 Å². The third kappa shape index (κ3) is 3.87. The predicted octanol–water partition coefficient (Wildman–Crippen LogP) is 4.21. The first kappa shape index (κ1) is 18.3. The molecule has 3 aromatic rings. The van der Waals surface area contributed by atoms with Gasteiger partial charge in [0.2, 0.25) is 0 Å². The second-order valence-electron chi connectivity index (χ2n) is 6.32. The first-order valence-corrected chi connectivity index (χ1v) is 8.70. The Balaban J connectivity index is 1.92. The van der Waals surface area contributed by atoms with E-state index in [9.17, 15) is 4.79 Å². The summed E-state index contributed by atoms with van der Waals surface area (Å²) < 4.78 is 0. The number of allylic oxidation sites excluding steroid dienone is 1. The Morgan fingerprint density at radius 2 is 1.85 bits per heavy atom. The summed E-state index contributed by atoms with van der Waals surface area (Å²) in [5, 5.41) is 13.9. The van der Waals surface area contributed by atoms with Gasteiger partial charge in [0.05, 0.1) is 11.2 Å². The fraction of sp³-hybridized carbons (Fsp3) is 0.136. The molecule has 0 saturated carbocycles. The third-order valence-electron chi connectivity index (χ3n) is 4.46. The molecular weight excluding hydrogens is 336 g/mol. The lowest BCUT2D eigenvalue weighted by molar-refractivity contribution is -0.113. The van der Waals surface area contributed by atoms with E-state index >= 15 is 0 Å². The Morgan fingerprint density at radius 3 is 2.56 bits per heavy atom. The molecule has 0 saturated heterocycles. The van der Waals surface area contributed by atoms with E-state index in [2.05, 4.69) is 29.7 Å². The second kappa shape index (κ2) is 7.83. The van der Waals surface area contributed by atoms with Crippen molar-refractivity contribution in [3.63, 3.8) is 0 Å². The van der Waals surface area contributed by atoms with Crippen molar-refractivity contribution in [3.8, 4) is 11.3 Å². The number of aryl methyl sites for hydroxylation is 2. The molecule has 0 radical (unpaired) electrons. The molecule has 0 atom stereocenters. The normalized spacial score (nSPS) is 11.3. The van der Waals surface area contributed by atoms with Gasteiger partial charge in [-0.25, -0.2) is 4.98 Å². The number of nitrogens with one attached hydrogen (secondary N) is 3. The molecule has 136 valence electrons. The van der Waals surface area contributed by atoms with Gasteiger partial charge in [-0.05, 0) is 55.3 Å². The van der Waals surface area contributed by atoms with Gasteiger partial charge in [-0.15, -0.1) is 0 Å². The van der Waals surface area contributed by atoms with Gasteiger partial charge in [-0.1, -0.05) is 24.3 Å². The van der Waals surface area contributed by atoms with Gasteiger partial charge in [-0.3, -0.25) is 4.79 Å². The van der Waals surface area contributed by atoms with Gasteiger partial charge in [0.1, 0.15) is 5.70 Å². The number of aromatic nitrogens is 1. The van der Waals surface area contributed by atoms with Crippen LogP contribution < -0.4 is 10.6 Å². The van der Waals surface area contributed by atoms with Crippen molar-refractivity contribution in [2.75, 3.05) is 12.4 Å². The molecule has 1 aromatic heterocycles. The fourth-order valence-corrected chi connectivity index (χ4v) is 3.01. The quantitative estimate of drug-likeness (QED) is 0.472. The Hall–Kier alpha value is -3.47. The van der Waals surface area contributed by atoms with E-state index in [1.807, 2.05) is 43.3 Å². The Bertz CT molecular complexity index is 1050. The highest BCUT2D eigenvalue weighted by atomic mass is 16.2. The zero-order valence-electron chi connectivity index (χ0n) is 15.6. The molecule has 0 unspecified atom stereocenters. The van der Waals surface area contributed by atoms with Crippen molar-refractivity contribution in [1.29, 1.82) is 5.41 Å². The summed E-state index contributed by atoms with van der Waals surface area (Å²) in [6, 6.07) is 16.0. The SMILES string of the molecule is CN/C(=C\C=N)C(=O)Nc1ccc(-c2cc(C)c3ccccc3n2)cc1C. The summed E-state index contributed by atoms with van der Waals surface area (Å²) >= 11 is 0. The number of carbonyl (C=O) groups excluding carboxylic acids is 1. The lowest BCUT2D eigenvalue weighted by Gasteiger charge is -2.12. The Morgan fingerprint density at radius 1 is 1.07 bits per heavy atom. The van der Waals surface area contributed by atoms with Crippen LogP contribution in [0.4, 0.5) is 5.69 Å². The average Bonchev–Trinajstić information content (AvgIpc) is 2.67. The van der Waals surface area contributed by atoms with Crippen molar-refractivity contribution in [2.24, 2.45) is 0 Å². The van der Waals surface area contributed by atoms with Gasteiger partial charge in [0.15, 0.2) is 0 Å². The maximum absolute atomic E-state index is 12.3. The zero-order chi connectivity index (χ0) is 19.4. The second-order valence-corrected chi connectivity index (χ2v) is 6.32. The van der Waals surface area contributed by atoms with E-state index in [-0.39, 0.29) is 5.91 Å². The highest BCUT2D eigenvalue weighted by Gasteiger charge is 2.11. The number of fused-ring (bicyclic) bond motifs is 1. The highest BCUT2D eigenvalue weighted by molar-refractivity contribution is 6.05. The Kier molecular flexibility index (Phi) is 5.31. The number of anilines is 1. The zero-order valence-corrected chi connectivity index (χ0v) is 15.6. The molecular formula is C22H22N4O. The lowest BCUT2D eigenvalue weighted by Crippen LogP contribution is -2.23. The number of para-hydroxylation sites is 1. The van der Waals surface area contributed by atoms with Crippen LogP contribution in [0, 0.1) is 19.3 Å². The molecule has 0 fully saturated rings. The summed E-state index contributed by atoms with van der Waals surface area (Å²) in [4.78, 5) is 17.0. The number of carbonyl (C=O) groups is 1. The highest BCUT2D eigenvalue weighted by Crippen LogP contribution is 2.27. The lowest BCUT2D eigenvalue weighted by atomic mass is 10.0. The monoisotopic (exact) mass is 358 g/mol. The molecule has 27 heavy (non-hydrogen) atoms. The van der Waals surface area contributed by atoms with Crippen molar-refractivity contribution < 1.29 is 4.79 Å². The summed E-state index contributed by atoms with van der Waals surface area (Å²) in [6.45, 7) is 4.04.